The highest BCUT2D eigenvalue weighted by molar-refractivity contribution is 7.86. The number of hydrogen-bond donors (Lipinski definition) is 0. The Morgan fingerprint density at radius 2 is 1.77 bits per heavy atom. The summed E-state index contributed by atoms with van der Waals surface area (Å²) in [5, 5.41) is 12.0. The summed E-state index contributed by atoms with van der Waals surface area (Å²) in [4.78, 5) is 2.15. The Hall–Kier alpha value is -2.08. The van der Waals surface area contributed by atoms with Crippen molar-refractivity contribution in [3.8, 4) is 11.4 Å². The van der Waals surface area contributed by atoms with E-state index in [4.69, 9.17) is 4.74 Å². The minimum Gasteiger partial charge on any atom is -0.497 e. The van der Waals surface area contributed by atoms with E-state index in [0.29, 0.717) is 38.5 Å². The number of nitrogens with zero attached hydrogens (tertiary/aromatic N) is 7. The van der Waals surface area contributed by atoms with Crippen molar-refractivity contribution in [2.24, 2.45) is 0 Å². The largest absolute Gasteiger partial charge is 0.497 e. The van der Waals surface area contributed by atoms with Gasteiger partial charge in [0, 0.05) is 40.3 Å². The van der Waals surface area contributed by atoms with Gasteiger partial charge in [0.1, 0.15) is 5.75 Å². The van der Waals surface area contributed by atoms with E-state index < -0.39 is 10.2 Å². The van der Waals surface area contributed by atoms with Crippen LogP contribution in [0.15, 0.2) is 24.3 Å². The van der Waals surface area contributed by atoms with Crippen molar-refractivity contribution < 1.29 is 13.2 Å². The van der Waals surface area contributed by atoms with Gasteiger partial charge in [-0.1, -0.05) is 0 Å². The summed E-state index contributed by atoms with van der Waals surface area (Å²) in [7, 11) is 1.35. The predicted molar refractivity (Wildman–Crippen MR) is 95.2 cm³/mol. The number of methoxy groups -OCH3 is 1. The molecule has 0 N–H and O–H groups in total. The van der Waals surface area contributed by atoms with Gasteiger partial charge in [-0.05, 0) is 34.7 Å². The lowest BCUT2D eigenvalue weighted by molar-refractivity contribution is 0.173. The molecule has 0 bridgehead atoms. The van der Waals surface area contributed by atoms with Gasteiger partial charge in [-0.2, -0.15) is 21.7 Å². The van der Waals surface area contributed by atoms with Crippen LogP contribution in [0.3, 0.4) is 0 Å². The van der Waals surface area contributed by atoms with Gasteiger partial charge in [0.15, 0.2) is 5.82 Å². The standard InChI is InChI=1S/C15H23N7O3S/c1-19(2)26(23,24)21-10-8-20(9-11-21)12-15-16-17-18-22(15)13-4-6-14(25-3)7-5-13/h4-7H,8-12H2,1-3H3. The fourth-order valence-electron chi connectivity index (χ4n) is 2.78. The fourth-order valence-corrected chi connectivity index (χ4v) is 3.86. The zero-order chi connectivity index (χ0) is 18.7. The molecule has 11 heteroatoms. The number of aromatic nitrogens is 4. The lowest BCUT2D eigenvalue weighted by Gasteiger charge is -2.34. The van der Waals surface area contributed by atoms with Crippen molar-refractivity contribution in [2.75, 3.05) is 47.4 Å². The molecule has 1 aliphatic heterocycles. The van der Waals surface area contributed by atoms with E-state index in [9.17, 15) is 8.42 Å². The second kappa shape index (κ2) is 7.66. The van der Waals surface area contributed by atoms with Gasteiger partial charge in [0.2, 0.25) is 0 Å². The topological polar surface area (TPSA) is 96.7 Å². The van der Waals surface area contributed by atoms with E-state index in [-0.39, 0.29) is 0 Å². The monoisotopic (exact) mass is 381 g/mol. The molecule has 2 aromatic rings. The first-order valence-corrected chi connectivity index (χ1v) is 9.63. The van der Waals surface area contributed by atoms with E-state index in [1.165, 1.54) is 8.61 Å². The Morgan fingerprint density at radius 3 is 2.35 bits per heavy atom. The Balaban J connectivity index is 1.65. The highest BCUT2D eigenvalue weighted by Crippen LogP contribution is 2.16. The summed E-state index contributed by atoms with van der Waals surface area (Å²) in [5.41, 5.74) is 0.847. The van der Waals surface area contributed by atoms with Gasteiger partial charge in [-0.15, -0.1) is 5.10 Å². The molecule has 1 aromatic carbocycles. The minimum atomic E-state index is -3.36. The van der Waals surface area contributed by atoms with Crippen LogP contribution in [0.4, 0.5) is 0 Å². The minimum absolute atomic E-state index is 0.449. The first-order chi connectivity index (χ1) is 12.4. The molecule has 0 aliphatic carbocycles. The Bertz CT molecular complexity index is 827. The SMILES string of the molecule is COc1ccc(-n2nnnc2CN2CCN(S(=O)(=O)N(C)C)CC2)cc1. The van der Waals surface area contributed by atoms with E-state index in [1.807, 2.05) is 24.3 Å². The molecule has 26 heavy (non-hydrogen) atoms. The summed E-state index contributed by atoms with van der Waals surface area (Å²) < 4.78 is 34.0. The summed E-state index contributed by atoms with van der Waals surface area (Å²) >= 11 is 0. The smallest absolute Gasteiger partial charge is 0.281 e. The van der Waals surface area contributed by atoms with Gasteiger partial charge >= 0.3 is 0 Å². The van der Waals surface area contributed by atoms with Crippen LogP contribution in [0.2, 0.25) is 0 Å². The highest BCUT2D eigenvalue weighted by atomic mass is 32.2. The summed E-state index contributed by atoms with van der Waals surface area (Å²) in [6.07, 6.45) is 0. The quantitative estimate of drug-likeness (QED) is 0.671. The van der Waals surface area contributed by atoms with Crippen LogP contribution in [-0.4, -0.2) is 89.5 Å². The maximum absolute atomic E-state index is 12.2. The zero-order valence-electron chi connectivity index (χ0n) is 15.1. The van der Waals surface area contributed by atoms with E-state index in [0.717, 1.165) is 11.4 Å². The van der Waals surface area contributed by atoms with E-state index in [1.54, 1.807) is 25.9 Å². The predicted octanol–water partition coefficient (Wildman–Crippen LogP) is -0.405. The number of benzene rings is 1. The number of ether oxygens (including phenoxy) is 1. The highest BCUT2D eigenvalue weighted by Gasteiger charge is 2.29. The average molecular weight is 381 g/mol. The van der Waals surface area contributed by atoms with Gasteiger partial charge < -0.3 is 4.74 Å². The maximum atomic E-state index is 12.2. The van der Waals surface area contributed by atoms with Crippen molar-refractivity contribution in [3.63, 3.8) is 0 Å². The molecule has 2 heterocycles. The Kier molecular flexibility index (Phi) is 5.51. The molecule has 0 amide bonds. The van der Waals surface area contributed by atoms with Crippen LogP contribution in [0.5, 0.6) is 5.75 Å². The molecule has 0 radical (unpaired) electrons. The number of tetrazole rings is 1. The van der Waals surface area contributed by atoms with Crippen molar-refractivity contribution >= 4 is 10.2 Å². The van der Waals surface area contributed by atoms with Gasteiger partial charge in [-0.3, -0.25) is 4.90 Å². The molecule has 1 fully saturated rings. The maximum Gasteiger partial charge on any atom is 0.281 e. The third-order valence-electron chi connectivity index (χ3n) is 4.34. The molecular weight excluding hydrogens is 358 g/mol. The molecule has 0 saturated carbocycles. The lowest BCUT2D eigenvalue weighted by Crippen LogP contribution is -2.51. The third kappa shape index (κ3) is 3.85. The first kappa shape index (κ1) is 18.7. The van der Waals surface area contributed by atoms with Gasteiger partial charge in [0.25, 0.3) is 10.2 Å². The lowest BCUT2D eigenvalue weighted by atomic mass is 10.3. The molecular formula is C15H23N7O3S. The van der Waals surface area contributed by atoms with Crippen molar-refractivity contribution in [2.45, 2.75) is 6.54 Å². The van der Waals surface area contributed by atoms with Crippen molar-refractivity contribution in [1.82, 2.24) is 33.7 Å². The van der Waals surface area contributed by atoms with Crippen LogP contribution in [0.1, 0.15) is 5.82 Å². The summed E-state index contributed by atoms with van der Waals surface area (Å²) in [6, 6.07) is 7.48. The Morgan fingerprint density at radius 1 is 1.12 bits per heavy atom. The third-order valence-corrected chi connectivity index (χ3v) is 6.28. The molecule has 3 rings (SSSR count). The normalized spacial score (nSPS) is 16.9. The van der Waals surface area contributed by atoms with Crippen LogP contribution in [0, 0.1) is 0 Å². The van der Waals surface area contributed by atoms with Crippen LogP contribution >= 0.6 is 0 Å². The summed E-state index contributed by atoms with van der Waals surface area (Å²) in [6.45, 7) is 2.70. The first-order valence-electron chi connectivity index (χ1n) is 8.23. The number of rotatable bonds is 6. The molecule has 1 aromatic heterocycles. The van der Waals surface area contributed by atoms with E-state index >= 15 is 0 Å². The second-order valence-electron chi connectivity index (χ2n) is 6.17. The average Bonchev–Trinajstić information content (AvgIpc) is 3.10. The second-order valence-corrected chi connectivity index (χ2v) is 8.31. The number of piperazine rings is 1. The van der Waals surface area contributed by atoms with Crippen molar-refractivity contribution in [1.29, 1.82) is 0 Å². The Labute approximate surface area is 153 Å². The van der Waals surface area contributed by atoms with Crippen molar-refractivity contribution in [3.05, 3.63) is 30.1 Å². The van der Waals surface area contributed by atoms with Gasteiger partial charge in [-0.25, -0.2) is 0 Å². The van der Waals surface area contributed by atoms with E-state index in [2.05, 4.69) is 20.4 Å². The molecule has 1 saturated heterocycles. The molecule has 0 spiro atoms. The van der Waals surface area contributed by atoms with Crippen LogP contribution < -0.4 is 4.74 Å². The molecule has 0 unspecified atom stereocenters. The van der Waals surface area contributed by atoms with Crippen LogP contribution in [-0.2, 0) is 16.8 Å². The molecule has 0 atom stereocenters. The molecule has 142 valence electrons. The summed E-state index contributed by atoms with van der Waals surface area (Å²) in [5.74, 6) is 1.47. The van der Waals surface area contributed by atoms with Crippen LogP contribution in [0.25, 0.3) is 5.69 Å². The zero-order valence-corrected chi connectivity index (χ0v) is 15.9. The van der Waals surface area contributed by atoms with Gasteiger partial charge in [0.05, 0.1) is 19.3 Å². The molecule has 10 nitrogen and oxygen atoms in total. The number of hydrogen-bond acceptors (Lipinski definition) is 7. The fraction of sp³-hybridized carbons (Fsp3) is 0.533. The molecule has 1 aliphatic rings.